The first-order chi connectivity index (χ1) is 15.5. The van der Waals surface area contributed by atoms with Crippen LogP contribution in [0.25, 0.3) is 5.76 Å². The van der Waals surface area contributed by atoms with Gasteiger partial charge in [0.1, 0.15) is 17.3 Å². The number of hydrogen-bond donors (Lipinski definition) is 2. The van der Waals surface area contributed by atoms with Gasteiger partial charge in [0.2, 0.25) is 0 Å². The van der Waals surface area contributed by atoms with E-state index in [0.717, 1.165) is 0 Å². The highest BCUT2D eigenvalue weighted by Crippen LogP contribution is 2.39. The summed E-state index contributed by atoms with van der Waals surface area (Å²) >= 11 is 0. The van der Waals surface area contributed by atoms with Crippen LogP contribution in [-0.4, -0.2) is 66.9 Å². The third-order valence-electron chi connectivity index (χ3n) is 5.12. The third kappa shape index (κ3) is 4.92. The molecule has 0 unspecified atom stereocenters. The SMILES string of the molecule is CCOc1ccc(C(O)=C2C(=O)C(=O)N(CCOCCO)[C@@H]2c2ccc(OC)cc2)cc1. The Balaban J connectivity index is 2.02. The van der Waals surface area contributed by atoms with Crippen molar-refractivity contribution in [1.29, 1.82) is 0 Å². The predicted molar refractivity (Wildman–Crippen MR) is 118 cm³/mol. The van der Waals surface area contributed by atoms with E-state index in [9.17, 15) is 14.7 Å². The van der Waals surface area contributed by atoms with E-state index in [0.29, 0.717) is 29.2 Å². The minimum absolute atomic E-state index is 0.00600. The van der Waals surface area contributed by atoms with Crippen molar-refractivity contribution in [2.75, 3.05) is 40.1 Å². The van der Waals surface area contributed by atoms with E-state index in [1.807, 2.05) is 6.92 Å². The molecule has 2 aromatic rings. The highest BCUT2D eigenvalue weighted by Gasteiger charge is 2.45. The van der Waals surface area contributed by atoms with Crippen LogP contribution in [0.3, 0.4) is 0 Å². The zero-order valence-corrected chi connectivity index (χ0v) is 18.1. The van der Waals surface area contributed by atoms with Crippen molar-refractivity contribution in [2.45, 2.75) is 13.0 Å². The van der Waals surface area contributed by atoms with Crippen LogP contribution >= 0.6 is 0 Å². The molecule has 2 N–H and O–H groups in total. The molecule has 0 radical (unpaired) electrons. The van der Waals surface area contributed by atoms with Crippen molar-refractivity contribution < 1.29 is 34.0 Å². The standard InChI is InChI=1S/C24H27NO7/c1-3-32-19-10-6-17(7-11-19)22(27)20-21(16-4-8-18(30-2)9-5-16)25(24(29)23(20)28)12-14-31-15-13-26/h4-11,21,26-27H,3,12-15H2,1-2H3/t21-/m1/s1. The average Bonchev–Trinajstić information content (AvgIpc) is 3.07. The second kappa shape index (κ2) is 10.8. The monoisotopic (exact) mass is 441 g/mol. The molecule has 1 heterocycles. The van der Waals surface area contributed by atoms with Gasteiger partial charge < -0.3 is 29.3 Å². The van der Waals surface area contributed by atoms with Crippen molar-refractivity contribution in [2.24, 2.45) is 0 Å². The van der Waals surface area contributed by atoms with Gasteiger partial charge in [-0.05, 0) is 48.9 Å². The fourth-order valence-electron chi connectivity index (χ4n) is 3.60. The summed E-state index contributed by atoms with van der Waals surface area (Å²) in [6.45, 7) is 2.63. The van der Waals surface area contributed by atoms with Gasteiger partial charge in [0, 0.05) is 12.1 Å². The second-order valence-corrected chi connectivity index (χ2v) is 7.06. The van der Waals surface area contributed by atoms with Gasteiger partial charge in [-0.3, -0.25) is 9.59 Å². The van der Waals surface area contributed by atoms with Crippen LogP contribution in [0.2, 0.25) is 0 Å². The first-order valence-electron chi connectivity index (χ1n) is 10.4. The summed E-state index contributed by atoms with van der Waals surface area (Å²) in [4.78, 5) is 27.2. The number of ether oxygens (including phenoxy) is 3. The molecule has 1 saturated heterocycles. The predicted octanol–water partition coefficient (Wildman–Crippen LogP) is 2.52. The van der Waals surface area contributed by atoms with Gasteiger partial charge in [0.25, 0.3) is 11.7 Å². The molecule has 1 amide bonds. The first-order valence-corrected chi connectivity index (χ1v) is 10.4. The molecule has 1 aliphatic rings. The molecule has 8 nitrogen and oxygen atoms in total. The smallest absolute Gasteiger partial charge is 0.295 e. The summed E-state index contributed by atoms with van der Waals surface area (Å²) in [6.07, 6.45) is 0. The van der Waals surface area contributed by atoms with E-state index >= 15 is 0 Å². The molecule has 1 atom stereocenters. The number of rotatable bonds is 10. The number of methoxy groups -OCH3 is 1. The van der Waals surface area contributed by atoms with Gasteiger partial charge in [-0.15, -0.1) is 0 Å². The summed E-state index contributed by atoms with van der Waals surface area (Å²) < 4.78 is 15.9. The first kappa shape index (κ1) is 23.3. The zero-order valence-electron chi connectivity index (χ0n) is 18.1. The molecule has 0 spiro atoms. The maximum Gasteiger partial charge on any atom is 0.295 e. The van der Waals surface area contributed by atoms with Gasteiger partial charge in [0.05, 0.1) is 45.2 Å². The maximum absolute atomic E-state index is 13.0. The third-order valence-corrected chi connectivity index (χ3v) is 5.12. The molecular formula is C24H27NO7. The Morgan fingerprint density at radius 3 is 2.25 bits per heavy atom. The largest absolute Gasteiger partial charge is 0.507 e. The quantitative estimate of drug-likeness (QED) is 0.253. The lowest BCUT2D eigenvalue weighted by atomic mass is 9.95. The number of nitrogens with zero attached hydrogens (tertiary/aromatic N) is 1. The van der Waals surface area contributed by atoms with Gasteiger partial charge in [-0.25, -0.2) is 0 Å². The van der Waals surface area contributed by atoms with Gasteiger partial charge >= 0.3 is 0 Å². The summed E-state index contributed by atoms with van der Waals surface area (Å²) in [5.74, 6) is -0.475. The minimum Gasteiger partial charge on any atom is -0.507 e. The van der Waals surface area contributed by atoms with E-state index in [1.165, 1.54) is 4.90 Å². The molecule has 0 saturated carbocycles. The van der Waals surface area contributed by atoms with E-state index < -0.39 is 17.7 Å². The molecule has 0 aliphatic carbocycles. The van der Waals surface area contributed by atoms with E-state index in [4.69, 9.17) is 19.3 Å². The second-order valence-electron chi connectivity index (χ2n) is 7.06. The number of carbonyl (C=O) groups excluding carboxylic acids is 2. The van der Waals surface area contributed by atoms with Gasteiger partial charge in [0.15, 0.2) is 0 Å². The van der Waals surface area contributed by atoms with Crippen LogP contribution in [0.1, 0.15) is 24.1 Å². The lowest BCUT2D eigenvalue weighted by Gasteiger charge is -2.25. The van der Waals surface area contributed by atoms with Crippen molar-refractivity contribution >= 4 is 17.4 Å². The number of aliphatic hydroxyl groups is 2. The molecule has 1 aliphatic heterocycles. The summed E-state index contributed by atoms with van der Waals surface area (Å²) in [5.41, 5.74) is 1.06. The Bertz CT molecular complexity index is 967. The van der Waals surface area contributed by atoms with E-state index in [2.05, 4.69) is 0 Å². The number of carbonyl (C=O) groups is 2. The normalized spacial score (nSPS) is 17.6. The molecule has 1 fully saturated rings. The van der Waals surface area contributed by atoms with Crippen molar-refractivity contribution in [3.05, 3.63) is 65.2 Å². The Kier molecular flexibility index (Phi) is 7.86. The Hall–Kier alpha value is -3.36. The highest BCUT2D eigenvalue weighted by molar-refractivity contribution is 6.46. The van der Waals surface area contributed by atoms with Gasteiger partial charge in [-0.1, -0.05) is 12.1 Å². The number of aliphatic hydroxyl groups excluding tert-OH is 2. The number of ketones is 1. The van der Waals surface area contributed by atoms with Crippen molar-refractivity contribution in [1.82, 2.24) is 4.90 Å². The van der Waals surface area contributed by atoms with Crippen LogP contribution in [0, 0.1) is 0 Å². The fraction of sp³-hybridized carbons (Fsp3) is 0.333. The summed E-state index contributed by atoms with van der Waals surface area (Å²) in [7, 11) is 1.55. The van der Waals surface area contributed by atoms with E-state index in [1.54, 1.807) is 55.6 Å². The fourth-order valence-corrected chi connectivity index (χ4v) is 3.60. The number of likely N-dealkylation sites (tertiary alicyclic amines) is 1. The van der Waals surface area contributed by atoms with Crippen molar-refractivity contribution in [3.63, 3.8) is 0 Å². The van der Waals surface area contributed by atoms with Crippen molar-refractivity contribution in [3.8, 4) is 11.5 Å². The minimum atomic E-state index is -0.787. The highest BCUT2D eigenvalue weighted by atomic mass is 16.5. The Labute approximate surface area is 186 Å². The lowest BCUT2D eigenvalue weighted by molar-refractivity contribution is -0.140. The molecule has 0 aromatic heterocycles. The molecule has 0 bridgehead atoms. The Morgan fingerprint density at radius 2 is 1.66 bits per heavy atom. The zero-order chi connectivity index (χ0) is 23.1. The molecule has 8 heteroatoms. The van der Waals surface area contributed by atoms with Crippen LogP contribution in [0.4, 0.5) is 0 Å². The van der Waals surface area contributed by atoms with Crippen LogP contribution in [-0.2, 0) is 14.3 Å². The van der Waals surface area contributed by atoms with Crippen LogP contribution in [0.15, 0.2) is 54.1 Å². The number of benzene rings is 2. The lowest BCUT2D eigenvalue weighted by Crippen LogP contribution is -2.33. The van der Waals surface area contributed by atoms with Crippen LogP contribution < -0.4 is 9.47 Å². The number of hydrogen-bond acceptors (Lipinski definition) is 7. The van der Waals surface area contributed by atoms with E-state index in [-0.39, 0.29) is 37.7 Å². The van der Waals surface area contributed by atoms with Crippen LogP contribution in [0.5, 0.6) is 11.5 Å². The molecule has 3 rings (SSSR count). The molecular weight excluding hydrogens is 414 g/mol. The maximum atomic E-state index is 13.0. The average molecular weight is 441 g/mol. The Morgan fingerprint density at radius 1 is 1.00 bits per heavy atom. The summed E-state index contributed by atoms with van der Waals surface area (Å²) in [6, 6.07) is 12.9. The molecule has 170 valence electrons. The molecule has 32 heavy (non-hydrogen) atoms. The number of amides is 1. The van der Waals surface area contributed by atoms with Gasteiger partial charge in [-0.2, -0.15) is 0 Å². The molecule has 2 aromatic carbocycles. The number of Topliss-reactive ketones (excluding diaryl/α,β-unsaturated/α-hetero) is 1. The topological polar surface area (TPSA) is 106 Å². The summed E-state index contributed by atoms with van der Waals surface area (Å²) in [5, 5.41) is 19.9.